The van der Waals surface area contributed by atoms with Crippen LogP contribution in [0, 0.1) is 0 Å². The number of nitrogens with one attached hydrogen (secondary N) is 1. The summed E-state index contributed by atoms with van der Waals surface area (Å²) < 4.78 is 75.1. The lowest BCUT2D eigenvalue weighted by molar-refractivity contribution is -0.131. The van der Waals surface area contributed by atoms with E-state index in [-0.39, 0.29) is 0 Å². The first-order valence-electron chi connectivity index (χ1n) is 3.38. The van der Waals surface area contributed by atoms with Gasteiger partial charge in [0.25, 0.3) is 0 Å². The molecule has 0 aliphatic heterocycles. The van der Waals surface area contributed by atoms with Crippen molar-refractivity contribution in [2.24, 2.45) is 0 Å². The molecule has 0 heterocycles. The van der Waals surface area contributed by atoms with E-state index in [1.54, 1.807) is 0 Å². The smallest absolute Gasteiger partial charge is 0.478 e. The number of aliphatic carboxylic acids is 1. The van der Waals surface area contributed by atoms with Gasteiger partial charge in [0.05, 0.1) is 6.26 Å². The molecule has 0 aliphatic rings. The third kappa shape index (κ3) is 9.77. The second-order valence-electron chi connectivity index (χ2n) is 2.35. The molecule has 0 aliphatic carbocycles. The molecule has 0 spiro atoms. The van der Waals surface area contributed by atoms with E-state index in [0.717, 1.165) is 6.08 Å². The van der Waals surface area contributed by atoms with Crippen molar-refractivity contribution in [1.82, 2.24) is 4.13 Å². The fraction of sp³-hybridized carbons (Fsp3) is 0.400. The van der Waals surface area contributed by atoms with Crippen LogP contribution in [0.4, 0.5) is 13.2 Å². The van der Waals surface area contributed by atoms with Crippen LogP contribution >= 0.6 is 0 Å². The standard InChI is InChI=1S/C3H4O2.C2H4F3NO4S2/c1-2-3(4)5;1-11(7,8)6-12(9,10)2(3,4)5/h2H,1H2,(H,4,5);6H,1H3. The van der Waals surface area contributed by atoms with Gasteiger partial charge in [0.15, 0.2) is 0 Å². The summed E-state index contributed by atoms with van der Waals surface area (Å²) in [6.07, 6.45) is 1.14. The van der Waals surface area contributed by atoms with Gasteiger partial charge in [0, 0.05) is 6.08 Å². The minimum atomic E-state index is -5.79. The van der Waals surface area contributed by atoms with Crippen LogP contribution in [0.3, 0.4) is 0 Å². The average Bonchev–Trinajstić information content (AvgIpc) is 1.98. The number of carbonyl (C=O) groups is 1. The van der Waals surface area contributed by atoms with E-state index in [2.05, 4.69) is 6.58 Å². The average molecular weight is 299 g/mol. The molecule has 0 saturated carbocycles. The molecule has 17 heavy (non-hydrogen) atoms. The predicted molar refractivity (Wildman–Crippen MR) is 50.8 cm³/mol. The van der Waals surface area contributed by atoms with Gasteiger partial charge in [-0.1, -0.05) is 6.58 Å². The Hall–Kier alpha value is -1.14. The summed E-state index contributed by atoms with van der Waals surface area (Å²) in [6, 6.07) is 0. The molecular weight excluding hydrogens is 291 g/mol. The van der Waals surface area contributed by atoms with Gasteiger partial charge in [0.2, 0.25) is 10.0 Å². The van der Waals surface area contributed by atoms with Gasteiger partial charge in [-0.2, -0.15) is 13.2 Å². The molecule has 0 aromatic rings. The Morgan fingerprint density at radius 3 is 1.65 bits per heavy atom. The fourth-order valence-corrected chi connectivity index (χ4v) is 2.22. The van der Waals surface area contributed by atoms with Crippen molar-refractivity contribution in [2.75, 3.05) is 6.26 Å². The molecule has 0 radical (unpaired) electrons. The minimum absolute atomic E-state index is 0.302. The van der Waals surface area contributed by atoms with Crippen molar-refractivity contribution in [3.8, 4) is 0 Å². The lowest BCUT2D eigenvalue weighted by Gasteiger charge is -2.06. The maximum Gasteiger partial charge on any atom is 0.512 e. The molecule has 0 fully saturated rings. The maximum absolute atomic E-state index is 11.4. The molecule has 0 bridgehead atoms. The monoisotopic (exact) mass is 299 g/mol. The summed E-state index contributed by atoms with van der Waals surface area (Å²) >= 11 is 0. The Balaban J connectivity index is 0. The predicted octanol–water partition coefficient (Wildman–Crippen LogP) is -0.358. The number of rotatable bonds is 3. The maximum atomic E-state index is 11.4. The summed E-state index contributed by atoms with van der Waals surface area (Å²) in [4.78, 5) is 9.25. The van der Waals surface area contributed by atoms with E-state index in [0.29, 0.717) is 10.4 Å². The van der Waals surface area contributed by atoms with E-state index in [1.165, 1.54) is 0 Å². The second kappa shape index (κ2) is 5.97. The Morgan fingerprint density at radius 2 is 1.59 bits per heavy atom. The molecular formula is C5H8F3NO6S2. The number of carboxylic acids is 1. The summed E-state index contributed by atoms with van der Waals surface area (Å²) in [6.45, 7) is 2.96. The van der Waals surface area contributed by atoms with E-state index < -0.39 is 31.5 Å². The van der Waals surface area contributed by atoms with Crippen molar-refractivity contribution >= 4 is 26.0 Å². The van der Waals surface area contributed by atoms with E-state index in [4.69, 9.17) is 5.11 Å². The molecule has 0 saturated heterocycles. The van der Waals surface area contributed by atoms with Crippen LogP contribution in [0.15, 0.2) is 12.7 Å². The zero-order chi connectivity index (χ0) is 14.5. The largest absolute Gasteiger partial charge is 0.512 e. The minimum Gasteiger partial charge on any atom is -0.478 e. The topological polar surface area (TPSA) is 118 Å². The van der Waals surface area contributed by atoms with Crippen LogP contribution in [-0.4, -0.2) is 39.7 Å². The Kier molecular flexibility index (Phi) is 6.41. The Morgan fingerprint density at radius 1 is 1.29 bits per heavy atom. The third-order valence-corrected chi connectivity index (χ3v) is 3.44. The van der Waals surface area contributed by atoms with Crippen molar-refractivity contribution < 1.29 is 39.9 Å². The first-order chi connectivity index (χ1) is 7.23. The number of halogens is 3. The van der Waals surface area contributed by atoms with Crippen LogP contribution in [0.1, 0.15) is 0 Å². The second-order valence-corrected chi connectivity index (χ2v) is 6.03. The van der Waals surface area contributed by atoms with Crippen molar-refractivity contribution in [2.45, 2.75) is 5.51 Å². The van der Waals surface area contributed by atoms with Gasteiger partial charge in [-0.25, -0.2) is 21.6 Å². The van der Waals surface area contributed by atoms with Crippen LogP contribution in [-0.2, 0) is 24.8 Å². The quantitative estimate of drug-likeness (QED) is 0.687. The van der Waals surface area contributed by atoms with Crippen LogP contribution in [0.25, 0.3) is 0 Å². The van der Waals surface area contributed by atoms with Crippen molar-refractivity contribution in [1.29, 1.82) is 0 Å². The van der Waals surface area contributed by atoms with E-state index in [1.807, 2.05) is 0 Å². The van der Waals surface area contributed by atoms with Gasteiger partial charge < -0.3 is 5.11 Å². The van der Waals surface area contributed by atoms with Crippen LogP contribution in [0.5, 0.6) is 0 Å². The number of sulfonamides is 2. The zero-order valence-corrected chi connectivity index (χ0v) is 9.86. The molecule has 0 aromatic carbocycles. The molecule has 102 valence electrons. The van der Waals surface area contributed by atoms with E-state index >= 15 is 0 Å². The molecule has 0 amide bonds. The molecule has 2 N–H and O–H groups in total. The van der Waals surface area contributed by atoms with E-state index in [9.17, 15) is 34.8 Å². The molecule has 0 rings (SSSR count). The third-order valence-electron chi connectivity index (χ3n) is 0.740. The zero-order valence-electron chi connectivity index (χ0n) is 8.22. The Bertz CT molecular complexity index is 476. The molecule has 12 heteroatoms. The highest BCUT2D eigenvalue weighted by atomic mass is 32.3. The normalized spacial score (nSPS) is 12.2. The van der Waals surface area contributed by atoms with Crippen molar-refractivity contribution in [3.63, 3.8) is 0 Å². The number of carboxylic acid groups (broad SMARTS) is 1. The summed E-state index contributed by atoms with van der Waals surface area (Å²) in [5.74, 6) is -0.981. The van der Waals surface area contributed by atoms with Gasteiger partial charge >= 0.3 is 21.5 Å². The molecule has 0 aromatic heterocycles. The van der Waals surface area contributed by atoms with Crippen LogP contribution in [0.2, 0.25) is 0 Å². The first kappa shape index (κ1) is 18.2. The lowest BCUT2D eigenvalue weighted by Crippen LogP contribution is -2.39. The summed E-state index contributed by atoms with van der Waals surface area (Å²) in [5.41, 5.74) is -5.62. The summed E-state index contributed by atoms with van der Waals surface area (Å²) in [7, 11) is -10.2. The van der Waals surface area contributed by atoms with Gasteiger partial charge in [-0.05, 0) is 0 Å². The van der Waals surface area contributed by atoms with Gasteiger partial charge in [-0.15, -0.1) is 4.13 Å². The number of alkyl halides is 3. The Labute approximate surface area is 95.0 Å². The molecule has 0 atom stereocenters. The first-order valence-corrected chi connectivity index (χ1v) is 6.75. The molecule has 0 unspecified atom stereocenters. The SMILES string of the molecule is C=CC(=O)O.CS(=O)(=O)NS(=O)(=O)C(F)(F)F. The lowest BCUT2D eigenvalue weighted by atomic mass is 10.7. The highest BCUT2D eigenvalue weighted by Gasteiger charge is 2.47. The van der Waals surface area contributed by atoms with Gasteiger partial charge in [0.1, 0.15) is 0 Å². The summed E-state index contributed by atoms with van der Waals surface area (Å²) in [5, 5.41) is 7.60. The highest BCUT2D eigenvalue weighted by Crippen LogP contribution is 2.21. The molecule has 7 nitrogen and oxygen atoms in total. The highest BCUT2D eigenvalue weighted by molar-refractivity contribution is 8.04. The number of hydrogen-bond acceptors (Lipinski definition) is 5. The van der Waals surface area contributed by atoms with Crippen molar-refractivity contribution in [3.05, 3.63) is 12.7 Å². The fourth-order valence-electron chi connectivity index (χ4n) is 0.247. The number of hydrogen-bond donors (Lipinski definition) is 2. The van der Waals surface area contributed by atoms with Crippen LogP contribution < -0.4 is 4.13 Å². The van der Waals surface area contributed by atoms with Gasteiger partial charge in [-0.3, -0.25) is 0 Å².